The van der Waals surface area contributed by atoms with E-state index < -0.39 is 0 Å². The average Bonchev–Trinajstić information content (AvgIpc) is 2.41. The molecule has 0 saturated heterocycles. The molecule has 1 amide bonds. The summed E-state index contributed by atoms with van der Waals surface area (Å²) in [6.07, 6.45) is 1.32. The largest absolute Gasteiger partial charge is 0.370 e. The van der Waals surface area contributed by atoms with Gasteiger partial charge in [-0.15, -0.1) is 0 Å². The molecular formula is C14H21N3OS. The van der Waals surface area contributed by atoms with E-state index in [1.165, 1.54) is 0 Å². The van der Waals surface area contributed by atoms with Crippen LogP contribution in [0.1, 0.15) is 25.3 Å². The van der Waals surface area contributed by atoms with E-state index in [9.17, 15) is 4.79 Å². The molecule has 0 radical (unpaired) electrons. The van der Waals surface area contributed by atoms with Crippen LogP contribution in [0.4, 0.5) is 0 Å². The van der Waals surface area contributed by atoms with E-state index in [1.807, 2.05) is 35.2 Å². The standard InChI is InChI=1S/C14H21N3OS/c1-2-9-16-14(19)17(10-8-13(15)18)11-12-6-4-3-5-7-12/h3-7H,2,8-11H2,1H3,(H2,15,18)(H,16,19). The number of thiocarbonyl (C=S) groups is 1. The fourth-order valence-electron chi connectivity index (χ4n) is 1.65. The lowest BCUT2D eigenvalue weighted by Gasteiger charge is -2.25. The Morgan fingerprint density at radius 3 is 2.63 bits per heavy atom. The minimum absolute atomic E-state index is 0.306. The Bertz CT molecular complexity index is 408. The first-order chi connectivity index (χ1) is 9.13. The number of nitrogens with one attached hydrogen (secondary N) is 1. The molecular weight excluding hydrogens is 258 g/mol. The van der Waals surface area contributed by atoms with Crippen LogP contribution in [0.15, 0.2) is 30.3 Å². The summed E-state index contributed by atoms with van der Waals surface area (Å²) >= 11 is 5.35. The second kappa shape index (κ2) is 8.48. The number of carbonyl (C=O) groups excluding carboxylic acids is 1. The second-order valence-corrected chi connectivity index (χ2v) is 4.74. The third-order valence-corrected chi connectivity index (χ3v) is 3.06. The topological polar surface area (TPSA) is 58.4 Å². The highest BCUT2D eigenvalue weighted by Crippen LogP contribution is 2.05. The summed E-state index contributed by atoms with van der Waals surface area (Å²) < 4.78 is 0. The Morgan fingerprint density at radius 1 is 1.37 bits per heavy atom. The zero-order chi connectivity index (χ0) is 14.1. The van der Waals surface area contributed by atoms with Crippen molar-refractivity contribution >= 4 is 23.2 Å². The van der Waals surface area contributed by atoms with Crippen LogP contribution in [-0.2, 0) is 11.3 Å². The summed E-state index contributed by atoms with van der Waals surface area (Å²) in [6.45, 7) is 4.14. The fraction of sp³-hybridized carbons (Fsp3) is 0.429. The first kappa shape index (κ1) is 15.4. The Labute approximate surface area is 120 Å². The van der Waals surface area contributed by atoms with Crippen LogP contribution >= 0.6 is 12.2 Å². The van der Waals surface area contributed by atoms with Crippen LogP contribution in [0.5, 0.6) is 0 Å². The lowest BCUT2D eigenvalue weighted by molar-refractivity contribution is -0.118. The van der Waals surface area contributed by atoms with Gasteiger partial charge in [-0.05, 0) is 24.2 Å². The Kier molecular flexibility index (Phi) is 6.89. The molecule has 0 aliphatic heterocycles. The van der Waals surface area contributed by atoms with Gasteiger partial charge in [0, 0.05) is 26.1 Å². The van der Waals surface area contributed by atoms with Crippen molar-refractivity contribution < 1.29 is 4.79 Å². The van der Waals surface area contributed by atoms with Crippen molar-refractivity contribution in [2.75, 3.05) is 13.1 Å². The fourth-order valence-corrected chi connectivity index (χ4v) is 1.90. The number of benzene rings is 1. The Hall–Kier alpha value is -1.62. The van der Waals surface area contributed by atoms with E-state index in [0.29, 0.717) is 24.6 Å². The first-order valence-corrected chi connectivity index (χ1v) is 6.89. The minimum atomic E-state index is -0.309. The zero-order valence-electron chi connectivity index (χ0n) is 11.3. The maximum absolute atomic E-state index is 10.9. The van der Waals surface area contributed by atoms with Gasteiger partial charge in [-0.2, -0.15) is 0 Å². The first-order valence-electron chi connectivity index (χ1n) is 6.48. The maximum atomic E-state index is 10.9. The highest BCUT2D eigenvalue weighted by Gasteiger charge is 2.10. The molecule has 1 rings (SSSR count). The van der Waals surface area contributed by atoms with Crippen molar-refractivity contribution in [1.29, 1.82) is 0 Å². The number of carbonyl (C=O) groups is 1. The molecule has 0 aromatic heterocycles. The summed E-state index contributed by atoms with van der Waals surface area (Å²) in [6, 6.07) is 10.0. The van der Waals surface area contributed by atoms with E-state index in [2.05, 4.69) is 12.2 Å². The maximum Gasteiger partial charge on any atom is 0.219 e. The van der Waals surface area contributed by atoms with E-state index >= 15 is 0 Å². The number of hydrogen-bond acceptors (Lipinski definition) is 2. The molecule has 0 bridgehead atoms. The predicted molar refractivity (Wildman–Crippen MR) is 81.6 cm³/mol. The molecule has 0 atom stereocenters. The minimum Gasteiger partial charge on any atom is -0.370 e. The van der Waals surface area contributed by atoms with E-state index in [1.54, 1.807) is 0 Å². The van der Waals surface area contributed by atoms with Crippen molar-refractivity contribution in [2.24, 2.45) is 5.73 Å². The van der Waals surface area contributed by atoms with Gasteiger partial charge in [0.2, 0.25) is 5.91 Å². The normalized spacial score (nSPS) is 9.95. The molecule has 0 aliphatic carbocycles. The van der Waals surface area contributed by atoms with Crippen molar-refractivity contribution in [3.63, 3.8) is 0 Å². The molecule has 0 heterocycles. The van der Waals surface area contributed by atoms with Crippen LogP contribution in [0.3, 0.4) is 0 Å². The zero-order valence-corrected chi connectivity index (χ0v) is 12.1. The molecule has 4 nitrogen and oxygen atoms in total. The van der Waals surface area contributed by atoms with Crippen LogP contribution in [0.25, 0.3) is 0 Å². The molecule has 0 unspecified atom stereocenters. The van der Waals surface area contributed by atoms with Crippen LogP contribution in [0.2, 0.25) is 0 Å². The van der Waals surface area contributed by atoms with Gasteiger partial charge in [0.05, 0.1) is 0 Å². The van der Waals surface area contributed by atoms with Gasteiger partial charge in [-0.3, -0.25) is 4.79 Å². The molecule has 104 valence electrons. The highest BCUT2D eigenvalue weighted by molar-refractivity contribution is 7.80. The lowest BCUT2D eigenvalue weighted by Crippen LogP contribution is -2.41. The molecule has 1 aromatic rings. The molecule has 0 spiro atoms. The monoisotopic (exact) mass is 279 g/mol. The summed E-state index contributed by atoms with van der Waals surface area (Å²) in [7, 11) is 0. The molecule has 19 heavy (non-hydrogen) atoms. The summed E-state index contributed by atoms with van der Waals surface area (Å²) in [5.74, 6) is -0.309. The van der Waals surface area contributed by atoms with Crippen LogP contribution in [0, 0.1) is 0 Å². The van der Waals surface area contributed by atoms with Gasteiger partial charge in [0.15, 0.2) is 5.11 Å². The number of rotatable bonds is 7. The number of hydrogen-bond donors (Lipinski definition) is 2. The van der Waals surface area contributed by atoms with Gasteiger partial charge >= 0.3 is 0 Å². The SMILES string of the molecule is CCCNC(=S)N(CCC(N)=O)Cc1ccccc1. The van der Waals surface area contributed by atoms with Gasteiger partial charge in [-0.1, -0.05) is 37.3 Å². The van der Waals surface area contributed by atoms with E-state index in [-0.39, 0.29) is 5.91 Å². The van der Waals surface area contributed by atoms with Crippen LogP contribution in [-0.4, -0.2) is 29.0 Å². The predicted octanol–water partition coefficient (Wildman–Crippen LogP) is 1.65. The molecule has 1 aromatic carbocycles. The van der Waals surface area contributed by atoms with Crippen molar-refractivity contribution in [3.8, 4) is 0 Å². The summed E-state index contributed by atoms with van der Waals surface area (Å²) in [5, 5.41) is 3.85. The molecule has 5 heteroatoms. The van der Waals surface area contributed by atoms with Crippen LogP contribution < -0.4 is 11.1 Å². The number of amides is 1. The summed E-state index contributed by atoms with van der Waals surface area (Å²) in [4.78, 5) is 12.9. The van der Waals surface area contributed by atoms with Crippen molar-refractivity contribution in [2.45, 2.75) is 26.3 Å². The van der Waals surface area contributed by atoms with Crippen molar-refractivity contribution in [3.05, 3.63) is 35.9 Å². The van der Waals surface area contributed by atoms with Gasteiger partial charge < -0.3 is 16.0 Å². The Balaban J connectivity index is 2.62. The molecule has 3 N–H and O–H groups in total. The van der Waals surface area contributed by atoms with Gasteiger partial charge in [0.25, 0.3) is 0 Å². The second-order valence-electron chi connectivity index (χ2n) is 4.36. The van der Waals surface area contributed by atoms with E-state index in [0.717, 1.165) is 18.5 Å². The van der Waals surface area contributed by atoms with E-state index in [4.69, 9.17) is 18.0 Å². The average molecular weight is 279 g/mol. The van der Waals surface area contributed by atoms with Gasteiger partial charge in [-0.25, -0.2) is 0 Å². The lowest BCUT2D eigenvalue weighted by atomic mass is 10.2. The van der Waals surface area contributed by atoms with Crippen molar-refractivity contribution in [1.82, 2.24) is 10.2 Å². The smallest absolute Gasteiger partial charge is 0.219 e. The molecule has 0 aliphatic rings. The number of primary amides is 1. The van der Waals surface area contributed by atoms with Gasteiger partial charge in [0.1, 0.15) is 0 Å². The quantitative estimate of drug-likeness (QED) is 0.745. The number of nitrogens with two attached hydrogens (primary N) is 1. The third kappa shape index (κ3) is 6.20. The highest BCUT2D eigenvalue weighted by atomic mass is 32.1. The Morgan fingerprint density at radius 2 is 2.05 bits per heavy atom. The number of nitrogens with zero attached hydrogens (tertiary/aromatic N) is 1. The summed E-state index contributed by atoms with van der Waals surface area (Å²) in [5.41, 5.74) is 6.36. The molecule has 0 saturated carbocycles. The molecule has 0 fully saturated rings. The third-order valence-electron chi connectivity index (χ3n) is 2.66.